The van der Waals surface area contributed by atoms with E-state index in [-0.39, 0.29) is 6.61 Å². The Labute approximate surface area is 205 Å². The fourth-order valence-corrected chi connectivity index (χ4v) is 3.73. The molecule has 1 atom stereocenters. The van der Waals surface area contributed by atoms with Gasteiger partial charge >= 0.3 is 0 Å². The van der Waals surface area contributed by atoms with E-state index in [1.165, 1.54) is 96.3 Å². The van der Waals surface area contributed by atoms with Crippen LogP contribution in [0.5, 0.6) is 0 Å². The Hall–Kier alpha value is -1.92. The normalized spacial score (nSPS) is 11.7. The third-order valence-electron chi connectivity index (χ3n) is 5.69. The van der Waals surface area contributed by atoms with Crippen LogP contribution in [0.25, 0.3) is 0 Å². The topological polar surface area (TPSA) is 40.5 Å². The van der Waals surface area contributed by atoms with E-state index in [9.17, 15) is 5.11 Å². The molecule has 1 unspecified atom stereocenters. The minimum Gasteiger partial charge on any atom is -0.384 e. The number of hydrogen-bond donors (Lipinski definition) is 2. The molecule has 0 bridgehead atoms. The van der Waals surface area contributed by atoms with Crippen molar-refractivity contribution in [2.45, 2.75) is 128 Å². The molecule has 0 aromatic heterocycles. The van der Waals surface area contributed by atoms with Gasteiger partial charge in [-0.3, -0.25) is 0 Å². The van der Waals surface area contributed by atoms with Gasteiger partial charge in [0.25, 0.3) is 0 Å². The van der Waals surface area contributed by atoms with Crippen LogP contribution >= 0.6 is 0 Å². The molecule has 0 aliphatic heterocycles. The fraction of sp³-hybridized carbons (Fsp3) is 0.677. The van der Waals surface area contributed by atoms with Crippen LogP contribution < -0.4 is 0 Å². The molecule has 0 aromatic rings. The average Bonchev–Trinajstić information content (AvgIpc) is 2.82. The van der Waals surface area contributed by atoms with Crippen molar-refractivity contribution in [1.29, 1.82) is 0 Å². The van der Waals surface area contributed by atoms with Crippen LogP contribution in [-0.2, 0) is 0 Å². The highest BCUT2D eigenvalue weighted by atomic mass is 16.3. The summed E-state index contributed by atoms with van der Waals surface area (Å²) in [7, 11) is 0. The van der Waals surface area contributed by atoms with Gasteiger partial charge in [0.05, 0.1) is 0 Å². The zero-order chi connectivity index (χ0) is 24.1. The van der Waals surface area contributed by atoms with E-state index in [1.54, 1.807) is 0 Å². The van der Waals surface area contributed by atoms with Gasteiger partial charge in [-0.05, 0) is 69.3 Å². The van der Waals surface area contributed by atoms with Crippen LogP contribution in [0.2, 0.25) is 0 Å². The van der Waals surface area contributed by atoms with Crippen LogP contribution in [-0.4, -0.2) is 22.9 Å². The van der Waals surface area contributed by atoms with E-state index >= 15 is 0 Å². The molecule has 0 fully saturated rings. The maximum Gasteiger partial charge on any atom is 0.115 e. The van der Waals surface area contributed by atoms with E-state index in [0.717, 1.165) is 19.3 Å². The summed E-state index contributed by atoms with van der Waals surface area (Å²) in [5.74, 6) is 12.8. The summed E-state index contributed by atoms with van der Waals surface area (Å²) in [5, 5.41) is 18.2. The maximum atomic E-state index is 9.70. The number of unbranched alkanes of at least 4 members (excludes halogenated alkanes) is 16. The molecule has 0 heterocycles. The summed E-state index contributed by atoms with van der Waals surface area (Å²) in [6, 6.07) is 0. The van der Waals surface area contributed by atoms with Crippen LogP contribution in [0.4, 0.5) is 0 Å². The van der Waals surface area contributed by atoms with Crippen molar-refractivity contribution in [3.8, 4) is 36.0 Å². The molecule has 0 amide bonds. The Morgan fingerprint density at radius 2 is 1.06 bits per heavy atom. The largest absolute Gasteiger partial charge is 0.384 e. The molecule has 0 rings (SSSR count). The van der Waals surface area contributed by atoms with Gasteiger partial charge in [0.2, 0.25) is 0 Å². The smallest absolute Gasteiger partial charge is 0.115 e. The molecule has 0 spiro atoms. The van der Waals surface area contributed by atoms with Gasteiger partial charge < -0.3 is 10.2 Å². The third kappa shape index (κ3) is 28.0. The minimum absolute atomic E-state index is 0.184. The lowest BCUT2D eigenvalue weighted by molar-refractivity contribution is 0.217. The zero-order valence-corrected chi connectivity index (χ0v) is 21.0. The molecule has 33 heavy (non-hydrogen) atoms. The van der Waals surface area contributed by atoms with Crippen LogP contribution in [0.1, 0.15) is 122 Å². The minimum atomic E-state index is -0.590. The standard InChI is InChI=1S/C31H48O2/c1-2-3-4-5-6-7-8-9-10-11-12-13-14-15-16-17-18-19-20-21-22-23-25-28-31(33)29-26-24-27-30-32/h1,3-4,15-16,31-33H,5-14,17-23,25,28,30H2. The third-order valence-corrected chi connectivity index (χ3v) is 5.69. The SMILES string of the molecule is C#CC=CCCCCCCCCCCC=CCCCCCCCCCC(O)C#CC#CCO. The van der Waals surface area contributed by atoms with Crippen molar-refractivity contribution < 1.29 is 10.2 Å². The Kier molecular flexibility index (Phi) is 26.5. The van der Waals surface area contributed by atoms with Crippen molar-refractivity contribution >= 4 is 0 Å². The van der Waals surface area contributed by atoms with Gasteiger partial charge in [-0.1, -0.05) is 107 Å². The molecule has 0 aliphatic carbocycles. The molecule has 2 nitrogen and oxygen atoms in total. The lowest BCUT2D eigenvalue weighted by Gasteiger charge is -2.03. The Morgan fingerprint density at radius 3 is 1.55 bits per heavy atom. The second-order valence-corrected chi connectivity index (χ2v) is 8.74. The van der Waals surface area contributed by atoms with Gasteiger partial charge in [0, 0.05) is 0 Å². The first-order valence-electron chi connectivity index (χ1n) is 13.3. The Morgan fingerprint density at radius 1 is 0.606 bits per heavy atom. The zero-order valence-electron chi connectivity index (χ0n) is 21.0. The highest BCUT2D eigenvalue weighted by molar-refractivity contribution is 5.27. The molecule has 0 saturated carbocycles. The van der Waals surface area contributed by atoms with Gasteiger partial charge in [0.15, 0.2) is 0 Å². The molecular weight excluding hydrogens is 404 g/mol. The number of terminal acetylenes is 1. The van der Waals surface area contributed by atoms with Crippen molar-refractivity contribution in [3.63, 3.8) is 0 Å². The molecule has 0 radical (unpaired) electrons. The van der Waals surface area contributed by atoms with Crippen molar-refractivity contribution in [3.05, 3.63) is 24.3 Å². The molecule has 184 valence electrons. The van der Waals surface area contributed by atoms with E-state index in [0.29, 0.717) is 6.42 Å². The van der Waals surface area contributed by atoms with Gasteiger partial charge in [-0.2, -0.15) is 0 Å². The highest BCUT2D eigenvalue weighted by Crippen LogP contribution is 2.13. The Balaban J connectivity index is 3.25. The number of hydrogen-bond acceptors (Lipinski definition) is 2. The lowest BCUT2D eigenvalue weighted by atomic mass is 10.0. The van der Waals surface area contributed by atoms with E-state index in [4.69, 9.17) is 11.5 Å². The van der Waals surface area contributed by atoms with E-state index in [2.05, 4.69) is 47.8 Å². The average molecular weight is 453 g/mol. The lowest BCUT2D eigenvalue weighted by Crippen LogP contribution is -2.01. The number of aliphatic hydroxyl groups is 2. The molecule has 0 saturated heterocycles. The fourth-order valence-electron chi connectivity index (χ4n) is 3.73. The summed E-state index contributed by atoms with van der Waals surface area (Å²) >= 11 is 0. The Bertz CT molecular complexity index is 630. The maximum absolute atomic E-state index is 9.70. The number of aliphatic hydroxyl groups excluding tert-OH is 2. The second kappa shape index (κ2) is 28.1. The van der Waals surface area contributed by atoms with Crippen molar-refractivity contribution in [2.75, 3.05) is 6.61 Å². The van der Waals surface area contributed by atoms with Crippen LogP contribution in [0, 0.1) is 36.0 Å². The summed E-state index contributed by atoms with van der Waals surface area (Å²) in [6.07, 6.45) is 37.0. The second-order valence-electron chi connectivity index (χ2n) is 8.74. The monoisotopic (exact) mass is 452 g/mol. The molecular formula is C31H48O2. The molecule has 2 heteroatoms. The summed E-state index contributed by atoms with van der Waals surface area (Å²) in [6.45, 7) is -0.184. The first kappa shape index (κ1) is 31.1. The van der Waals surface area contributed by atoms with Crippen molar-refractivity contribution in [2.24, 2.45) is 0 Å². The number of rotatable bonds is 21. The molecule has 2 N–H and O–H groups in total. The quantitative estimate of drug-likeness (QED) is 0.107. The summed E-state index contributed by atoms with van der Waals surface area (Å²) in [5.41, 5.74) is 0. The predicted octanol–water partition coefficient (Wildman–Crippen LogP) is 7.50. The summed E-state index contributed by atoms with van der Waals surface area (Å²) < 4.78 is 0. The first-order chi connectivity index (χ1) is 16.3. The van der Waals surface area contributed by atoms with Gasteiger partial charge in [0.1, 0.15) is 12.7 Å². The van der Waals surface area contributed by atoms with Crippen LogP contribution in [0.15, 0.2) is 24.3 Å². The van der Waals surface area contributed by atoms with E-state index in [1.807, 2.05) is 6.08 Å². The first-order valence-corrected chi connectivity index (χ1v) is 13.3. The molecule has 0 aromatic carbocycles. The van der Waals surface area contributed by atoms with Crippen LogP contribution in [0.3, 0.4) is 0 Å². The number of allylic oxidation sites excluding steroid dienone is 4. The highest BCUT2D eigenvalue weighted by Gasteiger charge is 1.98. The van der Waals surface area contributed by atoms with Gasteiger partial charge in [-0.25, -0.2) is 0 Å². The summed E-state index contributed by atoms with van der Waals surface area (Å²) in [4.78, 5) is 0. The van der Waals surface area contributed by atoms with Gasteiger partial charge in [-0.15, -0.1) is 6.42 Å². The van der Waals surface area contributed by atoms with E-state index < -0.39 is 6.10 Å². The molecule has 0 aliphatic rings. The predicted molar refractivity (Wildman–Crippen MR) is 143 cm³/mol. The van der Waals surface area contributed by atoms with Crippen molar-refractivity contribution in [1.82, 2.24) is 0 Å².